The van der Waals surface area contributed by atoms with E-state index in [1.54, 1.807) is 0 Å². The van der Waals surface area contributed by atoms with E-state index in [-0.39, 0.29) is 6.42 Å². The molecule has 1 atom stereocenters. The Morgan fingerprint density at radius 3 is 2.53 bits per heavy atom. The molecule has 10 heteroatoms. The minimum atomic E-state index is -3.69. The van der Waals surface area contributed by atoms with E-state index in [1.807, 2.05) is 10.0 Å². The molecule has 4 amide bonds. The fourth-order valence-corrected chi connectivity index (χ4v) is 2.24. The number of rotatable bonds is 6. The van der Waals surface area contributed by atoms with Crippen LogP contribution < -0.4 is 21.1 Å². The molecule has 9 nitrogen and oxygen atoms in total. The number of imide groups is 1. The van der Waals surface area contributed by atoms with Crippen molar-refractivity contribution in [2.24, 2.45) is 5.73 Å². The molecule has 0 unspecified atom stereocenters. The predicted molar refractivity (Wildman–Crippen MR) is 56.1 cm³/mol. The maximum atomic E-state index is 11.3. The third-order valence-corrected chi connectivity index (χ3v) is 3.36. The highest BCUT2D eigenvalue weighted by Crippen LogP contribution is 2.01. The molecule has 0 saturated carbocycles. The molecule has 96 valence electrons. The van der Waals surface area contributed by atoms with E-state index in [2.05, 4.69) is 5.32 Å². The predicted octanol–water partition coefficient (Wildman–Crippen LogP) is -3.01. The van der Waals surface area contributed by atoms with E-state index in [4.69, 9.17) is 5.73 Å². The maximum absolute atomic E-state index is 11.3. The summed E-state index contributed by atoms with van der Waals surface area (Å²) in [7, 11) is -3.69. The second kappa shape index (κ2) is 5.10. The largest absolute Gasteiger partial charge is 0.369 e. The lowest BCUT2D eigenvalue weighted by molar-refractivity contribution is -0.120. The zero-order chi connectivity index (χ0) is 13.1. The van der Waals surface area contributed by atoms with E-state index in [1.165, 1.54) is 0 Å². The van der Waals surface area contributed by atoms with Crippen molar-refractivity contribution in [1.82, 2.24) is 15.4 Å². The summed E-state index contributed by atoms with van der Waals surface area (Å²) < 4.78 is 24.6. The maximum Gasteiger partial charge on any atom is 0.322 e. The van der Waals surface area contributed by atoms with Crippen LogP contribution in [0.3, 0.4) is 0 Å². The molecule has 0 spiro atoms. The zero-order valence-corrected chi connectivity index (χ0v) is 9.54. The summed E-state index contributed by atoms with van der Waals surface area (Å²) in [6, 6.07) is -1.52. The molecule has 1 aliphatic rings. The molecule has 1 fully saturated rings. The third kappa shape index (κ3) is 4.36. The van der Waals surface area contributed by atoms with Gasteiger partial charge < -0.3 is 11.1 Å². The summed E-state index contributed by atoms with van der Waals surface area (Å²) in [5.74, 6) is -1.76. The molecule has 0 bridgehead atoms. The average molecular weight is 264 g/mol. The van der Waals surface area contributed by atoms with Gasteiger partial charge in [-0.1, -0.05) is 0 Å². The number of carbonyl (C=O) groups excluding carboxylic acids is 3. The second-order valence-corrected chi connectivity index (χ2v) is 5.34. The molecule has 5 N–H and O–H groups in total. The molecular weight excluding hydrogens is 252 g/mol. The van der Waals surface area contributed by atoms with Crippen molar-refractivity contribution in [2.45, 2.75) is 12.5 Å². The number of hydrogen-bond acceptors (Lipinski definition) is 5. The van der Waals surface area contributed by atoms with Gasteiger partial charge in [0.2, 0.25) is 15.9 Å². The molecule has 0 aromatic heterocycles. The van der Waals surface area contributed by atoms with Gasteiger partial charge in [0.25, 0.3) is 5.91 Å². The van der Waals surface area contributed by atoms with E-state index in [9.17, 15) is 22.8 Å². The molecule has 0 aromatic rings. The van der Waals surface area contributed by atoms with Gasteiger partial charge in [0, 0.05) is 0 Å². The number of nitrogens with two attached hydrogens (primary N) is 1. The van der Waals surface area contributed by atoms with Crippen LogP contribution in [-0.2, 0) is 19.6 Å². The number of primary amides is 1. The van der Waals surface area contributed by atoms with Crippen LogP contribution in [0, 0.1) is 0 Å². The Kier molecular flexibility index (Phi) is 4.02. The Hall–Kier alpha value is -1.68. The Morgan fingerprint density at radius 1 is 1.41 bits per heavy atom. The minimum absolute atomic E-state index is 0.0777. The lowest BCUT2D eigenvalue weighted by Gasteiger charge is -2.08. The van der Waals surface area contributed by atoms with Crippen LogP contribution >= 0.6 is 0 Å². The van der Waals surface area contributed by atoms with Crippen LogP contribution in [-0.4, -0.2) is 44.6 Å². The van der Waals surface area contributed by atoms with Crippen LogP contribution in [0.2, 0.25) is 0 Å². The molecule has 0 aliphatic carbocycles. The Balaban J connectivity index is 2.42. The van der Waals surface area contributed by atoms with Crippen molar-refractivity contribution in [1.29, 1.82) is 0 Å². The molecule has 1 aliphatic heterocycles. The van der Waals surface area contributed by atoms with Gasteiger partial charge in [-0.25, -0.2) is 17.9 Å². The highest BCUT2D eigenvalue weighted by molar-refractivity contribution is 7.89. The molecule has 1 rings (SSSR count). The fourth-order valence-electron chi connectivity index (χ4n) is 1.19. The van der Waals surface area contributed by atoms with Gasteiger partial charge in [-0.3, -0.25) is 14.9 Å². The Morgan fingerprint density at radius 2 is 2.06 bits per heavy atom. The van der Waals surface area contributed by atoms with Crippen molar-refractivity contribution in [3.05, 3.63) is 0 Å². The van der Waals surface area contributed by atoms with Crippen molar-refractivity contribution in [3.8, 4) is 0 Å². The van der Waals surface area contributed by atoms with Gasteiger partial charge in [-0.15, -0.1) is 0 Å². The van der Waals surface area contributed by atoms with Gasteiger partial charge in [0.1, 0.15) is 6.04 Å². The molecule has 17 heavy (non-hydrogen) atoms. The lowest BCUT2D eigenvalue weighted by atomic mass is 10.2. The van der Waals surface area contributed by atoms with Crippen molar-refractivity contribution >= 4 is 27.9 Å². The normalized spacial score (nSPS) is 19.9. The molecule has 1 saturated heterocycles. The highest BCUT2D eigenvalue weighted by atomic mass is 32.2. The molecule has 1 heterocycles. The molecule has 0 radical (unpaired) electrons. The highest BCUT2D eigenvalue weighted by Gasteiger charge is 2.30. The van der Waals surface area contributed by atoms with Gasteiger partial charge in [-0.2, -0.15) is 0 Å². The summed E-state index contributed by atoms with van der Waals surface area (Å²) >= 11 is 0. The van der Waals surface area contributed by atoms with Crippen molar-refractivity contribution in [3.63, 3.8) is 0 Å². The monoisotopic (exact) mass is 264 g/mol. The van der Waals surface area contributed by atoms with Crippen molar-refractivity contribution < 1.29 is 22.8 Å². The van der Waals surface area contributed by atoms with E-state index in [0.29, 0.717) is 0 Å². The molecule has 0 aromatic carbocycles. The Bertz CT molecular complexity index is 445. The van der Waals surface area contributed by atoms with Crippen LogP contribution in [0.15, 0.2) is 0 Å². The number of hydrogen-bond donors (Lipinski definition) is 4. The SMILES string of the molecule is NC(=O)CNS(=O)(=O)CC[C@H]1NC(=O)NC1=O. The number of sulfonamides is 1. The fraction of sp³-hybridized carbons (Fsp3) is 0.571. The summed E-state index contributed by atoms with van der Waals surface area (Å²) in [5, 5.41) is 4.23. The summed E-state index contributed by atoms with van der Waals surface area (Å²) in [5.41, 5.74) is 4.77. The first-order valence-electron chi connectivity index (χ1n) is 4.67. The number of nitrogens with one attached hydrogen (secondary N) is 3. The number of carbonyl (C=O) groups is 3. The zero-order valence-electron chi connectivity index (χ0n) is 8.73. The average Bonchev–Trinajstić information content (AvgIpc) is 2.52. The minimum Gasteiger partial charge on any atom is -0.369 e. The topological polar surface area (TPSA) is 147 Å². The van der Waals surface area contributed by atoms with E-state index < -0.39 is 46.2 Å². The first kappa shape index (κ1) is 13.4. The van der Waals surface area contributed by atoms with Crippen LogP contribution in [0.4, 0.5) is 4.79 Å². The van der Waals surface area contributed by atoms with Crippen LogP contribution in [0.25, 0.3) is 0 Å². The van der Waals surface area contributed by atoms with Crippen molar-refractivity contribution in [2.75, 3.05) is 12.3 Å². The summed E-state index contributed by atoms with van der Waals surface area (Å²) in [4.78, 5) is 32.2. The quantitative estimate of drug-likeness (QED) is 0.377. The van der Waals surface area contributed by atoms with Crippen LogP contribution in [0.5, 0.6) is 0 Å². The standard InChI is InChI=1S/C7H12N4O5S/c8-5(12)3-9-17(15,16)2-1-4-6(13)11-7(14)10-4/h4,9H,1-3H2,(H2,8,12)(H2,10,11,13,14)/t4-/m1/s1. The third-order valence-electron chi connectivity index (χ3n) is 2.00. The van der Waals surface area contributed by atoms with Crippen LogP contribution in [0.1, 0.15) is 6.42 Å². The van der Waals surface area contributed by atoms with Gasteiger partial charge >= 0.3 is 6.03 Å². The number of amides is 4. The summed E-state index contributed by atoms with van der Waals surface area (Å²) in [6.45, 7) is -0.494. The Labute approximate surface area is 97.2 Å². The first-order valence-corrected chi connectivity index (χ1v) is 6.32. The summed E-state index contributed by atoms with van der Waals surface area (Å²) in [6.07, 6.45) is -0.0777. The van der Waals surface area contributed by atoms with E-state index >= 15 is 0 Å². The van der Waals surface area contributed by atoms with Gasteiger partial charge in [-0.05, 0) is 6.42 Å². The van der Waals surface area contributed by atoms with E-state index in [0.717, 1.165) is 0 Å². The number of urea groups is 1. The smallest absolute Gasteiger partial charge is 0.322 e. The lowest BCUT2D eigenvalue weighted by Crippen LogP contribution is -2.37. The first-order chi connectivity index (χ1) is 7.80. The van der Waals surface area contributed by atoms with Gasteiger partial charge in [0.05, 0.1) is 12.3 Å². The molecular formula is C7H12N4O5S. The second-order valence-electron chi connectivity index (χ2n) is 3.41. The van der Waals surface area contributed by atoms with Gasteiger partial charge in [0.15, 0.2) is 0 Å².